The molecular formula is C15H13NO5. The van der Waals surface area contributed by atoms with Gasteiger partial charge in [-0.1, -0.05) is 0 Å². The highest BCUT2D eigenvalue weighted by molar-refractivity contribution is 5.92. The number of ketones is 1. The number of rotatable bonds is 5. The molecule has 0 spiro atoms. The summed E-state index contributed by atoms with van der Waals surface area (Å²) < 4.78 is 10.7. The third-order valence-corrected chi connectivity index (χ3v) is 2.74. The van der Waals surface area contributed by atoms with Crippen molar-refractivity contribution in [3.63, 3.8) is 0 Å². The summed E-state index contributed by atoms with van der Waals surface area (Å²) in [5, 5.41) is 8.99. The lowest BCUT2D eigenvalue weighted by Gasteiger charge is -2.11. The zero-order valence-corrected chi connectivity index (χ0v) is 11.5. The molecular weight excluding hydrogens is 274 g/mol. The van der Waals surface area contributed by atoms with Crippen molar-refractivity contribution >= 4 is 11.8 Å². The van der Waals surface area contributed by atoms with Gasteiger partial charge in [-0.05, 0) is 30.3 Å². The van der Waals surface area contributed by atoms with E-state index in [1.54, 1.807) is 6.07 Å². The highest BCUT2D eigenvalue weighted by atomic mass is 16.5. The second-order valence-corrected chi connectivity index (χ2v) is 4.21. The number of Topliss-reactive ketones (excluding diaryl/α,β-unsaturated/α-hetero) is 1. The predicted molar refractivity (Wildman–Crippen MR) is 74.3 cm³/mol. The van der Waals surface area contributed by atoms with Gasteiger partial charge in [0, 0.05) is 6.92 Å². The predicted octanol–water partition coefficient (Wildman–Crippen LogP) is 2.78. The van der Waals surface area contributed by atoms with Gasteiger partial charge in [0.05, 0.1) is 18.9 Å². The summed E-state index contributed by atoms with van der Waals surface area (Å²) in [7, 11) is 1.46. The maximum atomic E-state index is 11.1. The number of hydrogen-bond donors (Lipinski definition) is 1. The summed E-state index contributed by atoms with van der Waals surface area (Å²) in [6, 6.07) is 7.41. The van der Waals surface area contributed by atoms with E-state index in [-0.39, 0.29) is 17.1 Å². The Kier molecular flexibility index (Phi) is 4.18. The Morgan fingerprint density at radius 3 is 2.43 bits per heavy atom. The van der Waals surface area contributed by atoms with E-state index in [1.807, 2.05) is 0 Å². The third-order valence-electron chi connectivity index (χ3n) is 2.74. The van der Waals surface area contributed by atoms with Crippen LogP contribution in [-0.4, -0.2) is 29.0 Å². The quantitative estimate of drug-likeness (QED) is 0.851. The second-order valence-electron chi connectivity index (χ2n) is 4.21. The fraction of sp³-hybridized carbons (Fsp3) is 0.133. The molecule has 2 rings (SSSR count). The van der Waals surface area contributed by atoms with E-state index in [2.05, 4.69) is 4.98 Å². The van der Waals surface area contributed by atoms with Gasteiger partial charge in [-0.25, -0.2) is 9.78 Å². The van der Waals surface area contributed by atoms with Gasteiger partial charge in [0.25, 0.3) is 0 Å². The minimum atomic E-state index is -1.06. The minimum absolute atomic E-state index is 0.0825. The van der Waals surface area contributed by atoms with Crippen molar-refractivity contribution in [2.24, 2.45) is 0 Å². The number of aromatic carboxylic acids is 1. The molecule has 0 unspecified atom stereocenters. The molecule has 0 amide bonds. The Labute approximate surface area is 121 Å². The average Bonchev–Trinajstić information content (AvgIpc) is 2.47. The van der Waals surface area contributed by atoms with E-state index in [9.17, 15) is 9.59 Å². The molecule has 0 saturated heterocycles. The molecule has 21 heavy (non-hydrogen) atoms. The first-order valence-corrected chi connectivity index (χ1v) is 6.07. The van der Waals surface area contributed by atoms with Gasteiger partial charge >= 0.3 is 5.97 Å². The molecule has 1 N–H and O–H groups in total. The largest absolute Gasteiger partial charge is 0.493 e. The molecule has 0 aliphatic carbocycles. The van der Waals surface area contributed by atoms with Gasteiger partial charge < -0.3 is 14.6 Å². The monoisotopic (exact) mass is 287 g/mol. The number of ether oxygens (including phenoxy) is 2. The van der Waals surface area contributed by atoms with Crippen LogP contribution in [0, 0.1) is 0 Å². The third kappa shape index (κ3) is 3.36. The lowest BCUT2D eigenvalue weighted by Crippen LogP contribution is -1.99. The normalized spacial score (nSPS) is 10.0. The maximum Gasteiger partial charge on any atom is 0.335 e. The molecule has 6 nitrogen and oxygen atoms in total. The van der Waals surface area contributed by atoms with Gasteiger partial charge in [-0.2, -0.15) is 0 Å². The smallest absolute Gasteiger partial charge is 0.335 e. The molecule has 1 aromatic carbocycles. The summed E-state index contributed by atoms with van der Waals surface area (Å²) in [4.78, 5) is 26.1. The van der Waals surface area contributed by atoms with Crippen molar-refractivity contribution in [1.29, 1.82) is 0 Å². The molecule has 0 bridgehead atoms. The SMILES string of the molecule is COc1ccc(C(=O)O)cc1Oc1ccc(C(C)=O)nc1. The van der Waals surface area contributed by atoms with E-state index >= 15 is 0 Å². The molecule has 0 atom stereocenters. The zero-order chi connectivity index (χ0) is 15.4. The minimum Gasteiger partial charge on any atom is -0.493 e. The zero-order valence-electron chi connectivity index (χ0n) is 11.5. The fourth-order valence-corrected chi connectivity index (χ4v) is 1.67. The molecule has 0 aliphatic heterocycles. The van der Waals surface area contributed by atoms with Crippen LogP contribution in [0.25, 0.3) is 0 Å². The number of carboxylic acid groups (broad SMARTS) is 1. The Hall–Kier alpha value is -2.89. The van der Waals surface area contributed by atoms with E-state index in [1.165, 1.54) is 44.5 Å². The van der Waals surface area contributed by atoms with Gasteiger partial charge in [0.15, 0.2) is 17.3 Å². The number of carbonyl (C=O) groups excluding carboxylic acids is 1. The van der Waals surface area contributed by atoms with Gasteiger partial charge in [0.2, 0.25) is 0 Å². The molecule has 0 radical (unpaired) electrons. The summed E-state index contributed by atoms with van der Waals surface area (Å²) >= 11 is 0. The van der Waals surface area contributed by atoms with E-state index in [4.69, 9.17) is 14.6 Å². The van der Waals surface area contributed by atoms with Crippen LogP contribution in [0.5, 0.6) is 17.2 Å². The second kappa shape index (κ2) is 6.04. The van der Waals surface area contributed by atoms with Crippen molar-refractivity contribution < 1.29 is 24.2 Å². The van der Waals surface area contributed by atoms with Crippen LogP contribution in [0.2, 0.25) is 0 Å². The molecule has 2 aromatic rings. The van der Waals surface area contributed by atoms with Gasteiger partial charge in [0.1, 0.15) is 11.4 Å². The number of aromatic nitrogens is 1. The highest BCUT2D eigenvalue weighted by Gasteiger charge is 2.11. The number of benzene rings is 1. The highest BCUT2D eigenvalue weighted by Crippen LogP contribution is 2.32. The van der Waals surface area contributed by atoms with Crippen LogP contribution in [-0.2, 0) is 0 Å². The molecule has 1 aromatic heterocycles. The van der Waals surface area contributed by atoms with Crippen molar-refractivity contribution in [2.45, 2.75) is 6.92 Å². The Morgan fingerprint density at radius 2 is 1.90 bits per heavy atom. The van der Waals surface area contributed by atoms with Crippen LogP contribution in [0.4, 0.5) is 0 Å². The van der Waals surface area contributed by atoms with E-state index < -0.39 is 5.97 Å². The first-order chi connectivity index (χ1) is 10.0. The van der Waals surface area contributed by atoms with Crippen LogP contribution in [0.3, 0.4) is 0 Å². The number of carbonyl (C=O) groups is 2. The molecule has 1 heterocycles. The number of pyridine rings is 1. The number of carboxylic acids is 1. The fourth-order valence-electron chi connectivity index (χ4n) is 1.67. The van der Waals surface area contributed by atoms with Crippen LogP contribution in [0.1, 0.15) is 27.8 Å². The Balaban J connectivity index is 2.31. The summed E-state index contributed by atoms with van der Waals surface area (Å²) in [5.74, 6) is -0.175. The summed E-state index contributed by atoms with van der Waals surface area (Å²) in [6.07, 6.45) is 1.39. The lowest BCUT2D eigenvalue weighted by atomic mass is 10.2. The topological polar surface area (TPSA) is 85.7 Å². The molecule has 108 valence electrons. The molecule has 0 aliphatic rings. The molecule has 6 heteroatoms. The molecule has 0 fully saturated rings. The standard InChI is InChI=1S/C15H13NO5/c1-9(17)12-5-4-11(8-16-12)21-14-7-10(15(18)19)3-6-13(14)20-2/h3-8H,1-2H3,(H,18,19). The average molecular weight is 287 g/mol. The first-order valence-electron chi connectivity index (χ1n) is 6.07. The van der Waals surface area contributed by atoms with Crippen LogP contribution in [0.15, 0.2) is 36.5 Å². The summed E-state index contributed by atoms with van der Waals surface area (Å²) in [6.45, 7) is 1.42. The number of methoxy groups -OCH3 is 1. The van der Waals surface area contributed by atoms with Gasteiger partial charge in [-0.3, -0.25) is 4.79 Å². The van der Waals surface area contributed by atoms with Crippen LogP contribution < -0.4 is 9.47 Å². The lowest BCUT2D eigenvalue weighted by molar-refractivity contribution is 0.0696. The maximum absolute atomic E-state index is 11.1. The Bertz CT molecular complexity index is 679. The Morgan fingerprint density at radius 1 is 1.14 bits per heavy atom. The summed E-state index contributed by atoms with van der Waals surface area (Å²) in [5.41, 5.74) is 0.410. The number of nitrogens with zero attached hydrogens (tertiary/aromatic N) is 1. The van der Waals surface area contributed by atoms with E-state index in [0.29, 0.717) is 17.2 Å². The molecule has 0 saturated carbocycles. The van der Waals surface area contributed by atoms with Gasteiger partial charge in [-0.15, -0.1) is 0 Å². The van der Waals surface area contributed by atoms with Crippen molar-refractivity contribution in [1.82, 2.24) is 4.98 Å². The number of hydrogen-bond acceptors (Lipinski definition) is 5. The van der Waals surface area contributed by atoms with Crippen molar-refractivity contribution in [3.8, 4) is 17.2 Å². The van der Waals surface area contributed by atoms with E-state index in [0.717, 1.165) is 0 Å². The van der Waals surface area contributed by atoms with Crippen LogP contribution >= 0.6 is 0 Å². The first kappa shape index (κ1) is 14.5. The van der Waals surface area contributed by atoms with Crippen molar-refractivity contribution in [3.05, 3.63) is 47.8 Å². The van der Waals surface area contributed by atoms with Crippen molar-refractivity contribution in [2.75, 3.05) is 7.11 Å².